The van der Waals surface area contributed by atoms with E-state index in [9.17, 15) is 13.2 Å². The van der Waals surface area contributed by atoms with E-state index in [1.807, 2.05) is 6.07 Å². The molecule has 0 fully saturated rings. The average Bonchev–Trinajstić information content (AvgIpc) is 2.35. The van der Waals surface area contributed by atoms with Gasteiger partial charge < -0.3 is 16.2 Å². The summed E-state index contributed by atoms with van der Waals surface area (Å²) in [4.78, 5) is 0. The molecule has 2 aromatic rings. The first kappa shape index (κ1) is 13.1. The number of benzene rings is 2. The largest absolute Gasteiger partial charge is 0.573 e. The van der Waals surface area contributed by atoms with Gasteiger partial charge in [0.15, 0.2) is 5.75 Å². The zero-order valence-electron chi connectivity index (χ0n) is 9.74. The van der Waals surface area contributed by atoms with Crippen molar-refractivity contribution < 1.29 is 17.9 Å². The molecule has 0 radical (unpaired) electrons. The molecule has 0 heterocycles. The zero-order valence-corrected chi connectivity index (χ0v) is 9.74. The Labute approximate surface area is 107 Å². The monoisotopic (exact) mass is 268 g/mol. The van der Waals surface area contributed by atoms with Crippen molar-refractivity contribution in [2.24, 2.45) is 0 Å². The van der Waals surface area contributed by atoms with Gasteiger partial charge in [-0.2, -0.15) is 0 Å². The first-order valence-electron chi connectivity index (χ1n) is 5.37. The fourth-order valence-corrected chi connectivity index (χ4v) is 1.70. The van der Waals surface area contributed by atoms with Gasteiger partial charge in [0.1, 0.15) is 0 Å². The van der Waals surface area contributed by atoms with E-state index in [4.69, 9.17) is 11.5 Å². The predicted molar refractivity (Wildman–Crippen MR) is 67.4 cm³/mol. The summed E-state index contributed by atoms with van der Waals surface area (Å²) >= 11 is 0. The van der Waals surface area contributed by atoms with Gasteiger partial charge in [-0.3, -0.25) is 0 Å². The lowest BCUT2D eigenvalue weighted by Crippen LogP contribution is -2.18. The van der Waals surface area contributed by atoms with Crippen molar-refractivity contribution >= 4 is 11.4 Å². The first-order valence-corrected chi connectivity index (χ1v) is 5.37. The highest BCUT2D eigenvalue weighted by atomic mass is 19.4. The van der Waals surface area contributed by atoms with Gasteiger partial charge in [0.2, 0.25) is 0 Å². The highest BCUT2D eigenvalue weighted by molar-refractivity contribution is 5.87. The van der Waals surface area contributed by atoms with Crippen LogP contribution in [-0.4, -0.2) is 6.36 Å². The van der Waals surface area contributed by atoms with Gasteiger partial charge in [-0.15, -0.1) is 13.2 Å². The lowest BCUT2D eigenvalue weighted by atomic mass is 10.0. The molecular formula is C13H11F3N2O. The van der Waals surface area contributed by atoms with Crippen LogP contribution in [-0.2, 0) is 0 Å². The fraction of sp³-hybridized carbons (Fsp3) is 0.0769. The second-order valence-corrected chi connectivity index (χ2v) is 3.85. The van der Waals surface area contributed by atoms with Crippen LogP contribution in [0.1, 0.15) is 0 Å². The summed E-state index contributed by atoms with van der Waals surface area (Å²) < 4.78 is 40.3. The van der Waals surface area contributed by atoms with Crippen LogP contribution in [0.5, 0.6) is 5.75 Å². The third kappa shape index (κ3) is 2.90. The summed E-state index contributed by atoms with van der Waals surface area (Å²) in [5, 5.41) is 0. The number of nitrogen functional groups attached to an aromatic ring is 2. The van der Waals surface area contributed by atoms with Gasteiger partial charge in [0.25, 0.3) is 0 Å². The van der Waals surface area contributed by atoms with Crippen LogP contribution in [0.4, 0.5) is 24.5 Å². The Morgan fingerprint density at radius 1 is 0.842 bits per heavy atom. The number of ether oxygens (including phenoxy) is 1. The molecule has 0 aliphatic carbocycles. The topological polar surface area (TPSA) is 61.3 Å². The van der Waals surface area contributed by atoms with E-state index >= 15 is 0 Å². The normalized spacial score (nSPS) is 11.3. The second-order valence-electron chi connectivity index (χ2n) is 3.85. The van der Waals surface area contributed by atoms with Crippen molar-refractivity contribution in [3.8, 4) is 16.9 Å². The molecule has 19 heavy (non-hydrogen) atoms. The second kappa shape index (κ2) is 4.72. The van der Waals surface area contributed by atoms with Gasteiger partial charge in [-0.1, -0.05) is 30.3 Å². The van der Waals surface area contributed by atoms with Crippen molar-refractivity contribution in [2.45, 2.75) is 6.36 Å². The van der Waals surface area contributed by atoms with Crippen LogP contribution in [0.2, 0.25) is 0 Å². The molecule has 0 saturated heterocycles. The third-order valence-corrected chi connectivity index (χ3v) is 2.56. The first-order chi connectivity index (χ1) is 8.88. The standard InChI is InChI=1S/C13H11F3N2O/c14-13(15,16)19-10-7-6-9(11(17)12(10)18)8-4-2-1-3-5-8/h1-7H,17-18H2. The molecule has 2 aromatic carbocycles. The SMILES string of the molecule is Nc1c(OC(F)(F)F)ccc(-c2ccccc2)c1N. The quantitative estimate of drug-likeness (QED) is 0.820. The lowest BCUT2D eigenvalue weighted by molar-refractivity contribution is -0.274. The summed E-state index contributed by atoms with van der Waals surface area (Å²) in [7, 11) is 0. The van der Waals surface area contributed by atoms with Gasteiger partial charge in [-0.05, 0) is 17.7 Å². The maximum absolute atomic E-state index is 12.2. The summed E-state index contributed by atoms with van der Waals surface area (Å²) in [5.74, 6) is -0.496. The maximum Gasteiger partial charge on any atom is 0.573 e. The third-order valence-electron chi connectivity index (χ3n) is 2.56. The molecule has 0 unspecified atom stereocenters. The highest BCUT2D eigenvalue weighted by Gasteiger charge is 2.32. The van der Waals surface area contributed by atoms with Crippen LogP contribution in [0.15, 0.2) is 42.5 Å². The molecule has 0 amide bonds. The molecular weight excluding hydrogens is 257 g/mol. The molecule has 6 heteroatoms. The minimum absolute atomic E-state index is 0.0629. The Morgan fingerprint density at radius 2 is 1.47 bits per heavy atom. The van der Waals surface area contributed by atoms with Crippen molar-refractivity contribution in [3.63, 3.8) is 0 Å². The van der Waals surface area contributed by atoms with Crippen LogP contribution < -0.4 is 16.2 Å². The van der Waals surface area contributed by atoms with Crippen molar-refractivity contribution in [2.75, 3.05) is 11.5 Å². The molecule has 4 N–H and O–H groups in total. The molecule has 0 spiro atoms. The minimum Gasteiger partial charge on any atom is -0.403 e. The molecule has 2 rings (SSSR count). The molecule has 0 bridgehead atoms. The molecule has 0 aliphatic heterocycles. The summed E-state index contributed by atoms with van der Waals surface area (Å²) in [6.07, 6.45) is -4.80. The van der Waals surface area contributed by atoms with Crippen LogP contribution >= 0.6 is 0 Å². The molecule has 0 aliphatic rings. The van der Waals surface area contributed by atoms with E-state index < -0.39 is 12.1 Å². The Morgan fingerprint density at radius 3 is 2.05 bits per heavy atom. The van der Waals surface area contributed by atoms with Crippen molar-refractivity contribution in [1.29, 1.82) is 0 Å². The number of anilines is 2. The Bertz CT molecular complexity index is 582. The van der Waals surface area contributed by atoms with E-state index in [-0.39, 0.29) is 11.4 Å². The van der Waals surface area contributed by atoms with Gasteiger partial charge in [0.05, 0.1) is 11.4 Å². The average molecular weight is 268 g/mol. The van der Waals surface area contributed by atoms with Crippen molar-refractivity contribution in [1.82, 2.24) is 0 Å². The van der Waals surface area contributed by atoms with Gasteiger partial charge in [-0.25, -0.2) is 0 Å². The lowest BCUT2D eigenvalue weighted by Gasteiger charge is -2.15. The van der Waals surface area contributed by atoms with Gasteiger partial charge in [0, 0.05) is 5.56 Å². The smallest absolute Gasteiger partial charge is 0.403 e. The van der Waals surface area contributed by atoms with Crippen LogP contribution in [0, 0.1) is 0 Å². The van der Waals surface area contributed by atoms with E-state index in [1.165, 1.54) is 6.07 Å². The number of alkyl halides is 3. The molecule has 0 atom stereocenters. The maximum atomic E-state index is 12.2. The number of nitrogens with two attached hydrogens (primary N) is 2. The van der Waals surface area contributed by atoms with Crippen LogP contribution in [0.25, 0.3) is 11.1 Å². The van der Waals surface area contributed by atoms with E-state index in [0.717, 1.165) is 11.6 Å². The number of halogens is 3. The van der Waals surface area contributed by atoms with E-state index in [1.54, 1.807) is 24.3 Å². The molecule has 3 nitrogen and oxygen atoms in total. The van der Waals surface area contributed by atoms with Crippen molar-refractivity contribution in [3.05, 3.63) is 42.5 Å². The van der Waals surface area contributed by atoms with E-state index in [0.29, 0.717) is 5.56 Å². The molecule has 100 valence electrons. The summed E-state index contributed by atoms with van der Waals surface area (Å²) in [5.41, 5.74) is 12.5. The minimum atomic E-state index is -4.80. The zero-order chi connectivity index (χ0) is 14.0. The number of hydrogen-bond acceptors (Lipinski definition) is 3. The summed E-state index contributed by atoms with van der Waals surface area (Å²) in [6, 6.07) is 11.6. The van der Waals surface area contributed by atoms with Gasteiger partial charge >= 0.3 is 6.36 Å². The summed E-state index contributed by atoms with van der Waals surface area (Å²) in [6.45, 7) is 0. The molecule has 0 aromatic heterocycles. The Balaban J connectivity index is 2.44. The Hall–Kier alpha value is -2.37. The predicted octanol–water partition coefficient (Wildman–Crippen LogP) is 3.42. The van der Waals surface area contributed by atoms with E-state index in [2.05, 4.69) is 4.74 Å². The number of hydrogen-bond donors (Lipinski definition) is 2. The number of rotatable bonds is 2. The highest BCUT2D eigenvalue weighted by Crippen LogP contribution is 2.38. The van der Waals surface area contributed by atoms with Crippen LogP contribution in [0.3, 0.4) is 0 Å². The fourth-order valence-electron chi connectivity index (χ4n) is 1.70. The Kier molecular flexibility index (Phi) is 3.25. The molecule has 0 saturated carbocycles.